The van der Waals surface area contributed by atoms with Crippen molar-refractivity contribution in [1.82, 2.24) is 9.97 Å². The lowest BCUT2D eigenvalue weighted by Crippen LogP contribution is -2.25. The zero-order valence-corrected chi connectivity index (χ0v) is 16.8. The molecule has 0 spiro atoms. The van der Waals surface area contributed by atoms with Crippen molar-refractivity contribution >= 4 is 29.6 Å². The molecular formula is C21H22N4O5. The molecule has 156 valence electrons. The summed E-state index contributed by atoms with van der Waals surface area (Å²) < 4.78 is 9.84. The molecule has 30 heavy (non-hydrogen) atoms. The van der Waals surface area contributed by atoms with Crippen LogP contribution in [-0.4, -0.2) is 54.2 Å². The van der Waals surface area contributed by atoms with Gasteiger partial charge in [-0.25, -0.2) is 19.6 Å². The smallest absolute Gasteiger partial charge is 0.415 e. The number of aromatic nitrogens is 2. The minimum absolute atomic E-state index is 0.0280. The number of hydrogen-bond acceptors (Lipinski definition) is 7. The molecule has 0 aromatic carbocycles. The monoisotopic (exact) mass is 410 g/mol. The van der Waals surface area contributed by atoms with E-state index in [-0.39, 0.29) is 17.6 Å². The molecule has 9 heteroatoms. The van der Waals surface area contributed by atoms with Gasteiger partial charge in [0.25, 0.3) is 0 Å². The molecule has 2 amide bonds. The molecule has 2 atom stereocenters. The van der Waals surface area contributed by atoms with Gasteiger partial charge in [-0.15, -0.1) is 0 Å². The number of carbonyl (C=O) groups is 3. The molecule has 2 fully saturated rings. The standard InChI is InChI=1S/C21H22N4O5/c1-13(15-3-5-17(22-11-15)24-7-9-29-20(24)27)19(26)14(2)16-4-6-18(23-12-16)25-8-10-30-21(25)28/h3-6,11-14H,7-10H2,1-2H3. The first kappa shape index (κ1) is 19.8. The molecule has 2 aromatic heterocycles. The first-order valence-corrected chi connectivity index (χ1v) is 9.80. The highest BCUT2D eigenvalue weighted by Crippen LogP contribution is 2.28. The second-order valence-corrected chi connectivity index (χ2v) is 7.28. The van der Waals surface area contributed by atoms with Gasteiger partial charge in [-0.05, 0) is 23.3 Å². The average Bonchev–Trinajstić information content (AvgIpc) is 3.40. The lowest BCUT2D eigenvalue weighted by atomic mass is 9.87. The first-order valence-electron chi connectivity index (χ1n) is 9.80. The van der Waals surface area contributed by atoms with Crippen LogP contribution < -0.4 is 9.80 Å². The van der Waals surface area contributed by atoms with E-state index in [2.05, 4.69) is 9.97 Å². The number of hydrogen-bond donors (Lipinski definition) is 0. The van der Waals surface area contributed by atoms with E-state index in [0.717, 1.165) is 11.1 Å². The third-order valence-electron chi connectivity index (χ3n) is 5.47. The summed E-state index contributed by atoms with van der Waals surface area (Å²) in [7, 11) is 0. The number of ether oxygens (including phenoxy) is 2. The summed E-state index contributed by atoms with van der Waals surface area (Å²) in [6.07, 6.45) is 2.42. The summed E-state index contributed by atoms with van der Waals surface area (Å²) in [5.74, 6) is 0.296. The summed E-state index contributed by atoms with van der Waals surface area (Å²) in [6, 6.07) is 7.07. The summed E-state index contributed by atoms with van der Waals surface area (Å²) >= 11 is 0. The van der Waals surface area contributed by atoms with Crippen molar-refractivity contribution in [1.29, 1.82) is 0 Å². The van der Waals surface area contributed by atoms with Crippen LogP contribution in [0.15, 0.2) is 36.7 Å². The third-order valence-corrected chi connectivity index (χ3v) is 5.47. The second-order valence-electron chi connectivity index (χ2n) is 7.28. The highest BCUT2D eigenvalue weighted by molar-refractivity contribution is 5.92. The van der Waals surface area contributed by atoms with Crippen molar-refractivity contribution in [3.8, 4) is 0 Å². The fourth-order valence-corrected chi connectivity index (χ4v) is 3.53. The first-order chi connectivity index (χ1) is 14.5. The molecule has 2 aliphatic rings. The Bertz CT molecular complexity index is 883. The van der Waals surface area contributed by atoms with Crippen LogP contribution in [0.4, 0.5) is 21.2 Å². The lowest BCUT2D eigenvalue weighted by Gasteiger charge is -2.18. The lowest BCUT2D eigenvalue weighted by molar-refractivity contribution is -0.121. The van der Waals surface area contributed by atoms with E-state index < -0.39 is 12.2 Å². The highest BCUT2D eigenvalue weighted by atomic mass is 16.6. The summed E-state index contributed by atoms with van der Waals surface area (Å²) in [4.78, 5) is 47.9. The van der Waals surface area contributed by atoms with Gasteiger partial charge in [0.1, 0.15) is 30.6 Å². The van der Waals surface area contributed by atoms with Gasteiger partial charge >= 0.3 is 12.2 Å². The number of anilines is 2. The van der Waals surface area contributed by atoms with Gasteiger partial charge in [0, 0.05) is 24.2 Å². The van der Waals surface area contributed by atoms with Gasteiger partial charge < -0.3 is 9.47 Å². The van der Waals surface area contributed by atoms with Crippen LogP contribution >= 0.6 is 0 Å². The predicted molar refractivity (Wildman–Crippen MR) is 108 cm³/mol. The number of nitrogens with zero attached hydrogens (tertiary/aromatic N) is 4. The average molecular weight is 410 g/mol. The molecule has 2 aliphatic heterocycles. The topological polar surface area (TPSA) is 102 Å². The molecule has 2 saturated heterocycles. The van der Waals surface area contributed by atoms with E-state index in [0.29, 0.717) is 37.9 Å². The molecule has 4 rings (SSSR count). The Morgan fingerprint density at radius 3 is 1.57 bits per heavy atom. The molecule has 4 heterocycles. The minimum atomic E-state index is -0.411. The number of amides is 2. The molecule has 9 nitrogen and oxygen atoms in total. The maximum Gasteiger partial charge on any atom is 0.415 e. The van der Waals surface area contributed by atoms with Crippen LogP contribution in [0.3, 0.4) is 0 Å². The van der Waals surface area contributed by atoms with Gasteiger partial charge in [-0.3, -0.25) is 14.6 Å². The third kappa shape index (κ3) is 3.70. The van der Waals surface area contributed by atoms with Crippen LogP contribution in [-0.2, 0) is 14.3 Å². The molecule has 0 aliphatic carbocycles. The molecule has 2 aromatic rings. The van der Waals surface area contributed by atoms with Gasteiger partial charge in [-0.1, -0.05) is 26.0 Å². The van der Waals surface area contributed by atoms with E-state index in [1.165, 1.54) is 9.80 Å². The van der Waals surface area contributed by atoms with Crippen LogP contribution in [0.2, 0.25) is 0 Å². The Hall–Kier alpha value is -3.49. The highest BCUT2D eigenvalue weighted by Gasteiger charge is 2.28. The Morgan fingerprint density at radius 1 is 0.833 bits per heavy atom. The maximum absolute atomic E-state index is 13.0. The van der Waals surface area contributed by atoms with E-state index >= 15 is 0 Å². The second kappa shape index (κ2) is 8.10. The molecule has 0 bridgehead atoms. The van der Waals surface area contributed by atoms with Crippen molar-refractivity contribution < 1.29 is 23.9 Å². The van der Waals surface area contributed by atoms with E-state index in [1.807, 2.05) is 26.0 Å². The summed E-state index contributed by atoms with van der Waals surface area (Å²) in [5, 5.41) is 0. The van der Waals surface area contributed by atoms with Crippen LogP contribution in [0.1, 0.15) is 36.8 Å². The number of rotatable bonds is 6. The number of pyridine rings is 2. The zero-order chi connectivity index (χ0) is 21.3. The van der Waals surface area contributed by atoms with Crippen molar-refractivity contribution in [3.63, 3.8) is 0 Å². The van der Waals surface area contributed by atoms with Gasteiger partial charge in [-0.2, -0.15) is 0 Å². The Balaban J connectivity index is 1.44. The Morgan fingerprint density at radius 2 is 1.27 bits per heavy atom. The number of carbonyl (C=O) groups excluding carboxylic acids is 3. The number of cyclic esters (lactones) is 2. The van der Waals surface area contributed by atoms with Crippen molar-refractivity contribution in [2.45, 2.75) is 25.7 Å². The van der Waals surface area contributed by atoms with Gasteiger partial charge in [0.15, 0.2) is 0 Å². The van der Waals surface area contributed by atoms with E-state index in [9.17, 15) is 14.4 Å². The number of ketones is 1. The molecule has 0 saturated carbocycles. The zero-order valence-electron chi connectivity index (χ0n) is 16.8. The predicted octanol–water partition coefficient (Wildman–Crippen LogP) is 2.87. The fourth-order valence-electron chi connectivity index (χ4n) is 3.53. The normalized spacial score (nSPS) is 18.2. The maximum atomic E-state index is 13.0. The van der Waals surface area contributed by atoms with Crippen LogP contribution in [0.5, 0.6) is 0 Å². The fraction of sp³-hybridized carbons (Fsp3) is 0.381. The number of Topliss-reactive ketones (excluding diaryl/α,β-unsaturated/α-hetero) is 1. The van der Waals surface area contributed by atoms with Crippen molar-refractivity contribution in [3.05, 3.63) is 47.8 Å². The summed E-state index contributed by atoms with van der Waals surface area (Å²) in [5.41, 5.74) is 1.54. The Labute approximate surface area is 173 Å². The van der Waals surface area contributed by atoms with Gasteiger partial charge in [0.05, 0.1) is 13.1 Å². The van der Waals surface area contributed by atoms with Crippen LogP contribution in [0, 0.1) is 0 Å². The van der Waals surface area contributed by atoms with E-state index in [4.69, 9.17) is 9.47 Å². The molecule has 0 N–H and O–H groups in total. The molecular weight excluding hydrogens is 388 g/mol. The van der Waals surface area contributed by atoms with Crippen LogP contribution in [0.25, 0.3) is 0 Å². The Kier molecular flexibility index (Phi) is 5.35. The quantitative estimate of drug-likeness (QED) is 0.721. The largest absolute Gasteiger partial charge is 0.447 e. The van der Waals surface area contributed by atoms with Crippen molar-refractivity contribution in [2.75, 3.05) is 36.1 Å². The van der Waals surface area contributed by atoms with Gasteiger partial charge in [0.2, 0.25) is 0 Å². The SMILES string of the molecule is CC(C(=O)C(C)c1ccc(N2CCOC2=O)nc1)c1ccc(N2CCOC2=O)nc1. The molecule has 0 radical (unpaired) electrons. The molecule has 2 unspecified atom stereocenters. The van der Waals surface area contributed by atoms with E-state index in [1.54, 1.807) is 24.5 Å². The summed E-state index contributed by atoms with van der Waals surface area (Å²) in [6.45, 7) is 5.30. The minimum Gasteiger partial charge on any atom is -0.447 e. The van der Waals surface area contributed by atoms with Crippen molar-refractivity contribution in [2.24, 2.45) is 0 Å².